The minimum Gasteiger partial charge on any atom is -0.548 e. The van der Waals surface area contributed by atoms with Crippen LogP contribution in [0.15, 0.2) is 11.8 Å². The van der Waals surface area contributed by atoms with Crippen LogP contribution in [0.4, 0.5) is 0 Å². The van der Waals surface area contributed by atoms with Crippen LogP contribution in [-0.2, 0) is 4.43 Å². The van der Waals surface area contributed by atoms with Gasteiger partial charge in [0.25, 0.3) is 0 Å². The first-order chi connectivity index (χ1) is 5.99. The monoisotopic (exact) mass is 200 g/mol. The molecular weight excluding hydrogens is 176 g/mol. The van der Waals surface area contributed by atoms with Crippen LogP contribution in [-0.4, -0.2) is 8.32 Å². The lowest BCUT2D eigenvalue weighted by Gasteiger charge is -2.21. The van der Waals surface area contributed by atoms with Gasteiger partial charge in [-0.05, 0) is 33.0 Å². The molecule has 0 saturated carbocycles. The van der Waals surface area contributed by atoms with Crippen molar-refractivity contribution in [2.45, 2.75) is 59.2 Å². The molecule has 0 unspecified atom stereocenters. The molecule has 0 aliphatic carbocycles. The molecular formula is C11H24OSi. The predicted octanol–water partition coefficient (Wildman–Crippen LogP) is 4.32. The number of allylic oxidation sites excluding steroid dienone is 2. The van der Waals surface area contributed by atoms with Crippen molar-refractivity contribution in [1.29, 1.82) is 0 Å². The fourth-order valence-corrected chi connectivity index (χ4v) is 2.20. The third-order valence-corrected chi connectivity index (χ3v) is 2.66. The Morgan fingerprint density at radius 1 is 1.23 bits per heavy atom. The minimum atomic E-state index is -1.37. The Morgan fingerprint density at radius 2 is 1.85 bits per heavy atom. The summed E-state index contributed by atoms with van der Waals surface area (Å²) in [5.74, 6) is 1.20. The molecule has 13 heavy (non-hydrogen) atoms. The van der Waals surface area contributed by atoms with Crippen LogP contribution >= 0.6 is 0 Å². The lowest BCUT2D eigenvalue weighted by molar-refractivity contribution is 0.391. The van der Waals surface area contributed by atoms with Crippen LogP contribution in [0.25, 0.3) is 0 Å². The molecule has 0 aromatic carbocycles. The first kappa shape index (κ1) is 12.8. The highest BCUT2D eigenvalue weighted by Crippen LogP contribution is 2.16. The maximum absolute atomic E-state index is 5.93. The van der Waals surface area contributed by atoms with Gasteiger partial charge < -0.3 is 4.43 Å². The number of hydrogen-bond donors (Lipinski definition) is 0. The first-order valence-electron chi connectivity index (χ1n) is 5.33. The van der Waals surface area contributed by atoms with E-state index in [1.54, 1.807) is 0 Å². The SMILES string of the molecule is CC=C(CCCCC)O[Si](C)(C)C. The second-order valence-electron chi connectivity index (χ2n) is 4.43. The highest BCUT2D eigenvalue weighted by atomic mass is 28.4. The Bertz CT molecular complexity index is 156. The molecule has 0 aliphatic rings. The topological polar surface area (TPSA) is 9.23 Å². The summed E-state index contributed by atoms with van der Waals surface area (Å²) in [6.07, 6.45) is 7.10. The molecule has 0 bridgehead atoms. The van der Waals surface area contributed by atoms with Gasteiger partial charge >= 0.3 is 0 Å². The van der Waals surface area contributed by atoms with Crippen molar-refractivity contribution < 1.29 is 4.43 Å². The van der Waals surface area contributed by atoms with Crippen LogP contribution in [0.5, 0.6) is 0 Å². The summed E-state index contributed by atoms with van der Waals surface area (Å²) in [6, 6.07) is 0. The molecule has 0 radical (unpaired) electrons. The zero-order chi connectivity index (χ0) is 10.3. The number of hydrogen-bond acceptors (Lipinski definition) is 1. The largest absolute Gasteiger partial charge is 0.548 e. The van der Waals surface area contributed by atoms with Crippen molar-refractivity contribution in [1.82, 2.24) is 0 Å². The minimum absolute atomic E-state index is 1.12. The van der Waals surface area contributed by atoms with E-state index in [0.717, 1.165) is 6.42 Å². The second-order valence-corrected chi connectivity index (χ2v) is 8.86. The third-order valence-electron chi connectivity index (χ3n) is 1.79. The summed E-state index contributed by atoms with van der Waals surface area (Å²) in [6.45, 7) is 11.0. The van der Waals surface area contributed by atoms with Gasteiger partial charge in [-0.2, -0.15) is 0 Å². The normalized spacial score (nSPS) is 13.2. The second kappa shape index (κ2) is 6.25. The van der Waals surface area contributed by atoms with Gasteiger partial charge in [-0.3, -0.25) is 0 Å². The molecule has 0 N–H and O–H groups in total. The molecule has 1 nitrogen and oxygen atoms in total. The Hall–Kier alpha value is -0.243. The summed E-state index contributed by atoms with van der Waals surface area (Å²) >= 11 is 0. The Balaban J connectivity index is 3.79. The van der Waals surface area contributed by atoms with Gasteiger partial charge in [0.05, 0.1) is 5.76 Å². The molecule has 0 amide bonds. The zero-order valence-electron chi connectivity index (χ0n) is 9.81. The lowest BCUT2D eigenvalue weighted by atomic mass is 10.2. The van der Waals surface area contributed by atoms with Gasteiger partial charge in [0.15, 0.2) is 0 Å². The average molecular weight is 200 g/mol. The molecule has 0 fully saturated rings. The van der Waals surface area contributed by atoms with Crippen molar-refractivity contribution in [3.8, 4) is 0 Å². The van der Waals surface area contributed by atoms with Gasteiger partial charge in [0, 0.05) is 6.42 Å². The smallest absolute Gasteiger partial charge is 0.241 e. The van der Waals surface area contributed by atoms with E-state index in [-0.39, 0.29) is 0 Å². The van der Waals surface area contributed by atoms with Crippen molar-refractivity contribution in [2.24, 2.45) is 0 Å². The average Bonchev–Trinajstić information content (AvgIpc) is 2.01. The van der Waals surface area contributed by atoms with Crippen LogP contribution in [0, 0.1) is 0 Å². The molecule has 0 aliphatic heterocycles. The molecule has 2 heteroatoms. The summed E-state index contributed by atoms with van der Waals surface area (Å²) in [4.78, 5) is 0. The highest BCUT2D eigenvalue weighted by molar-refractivity contribution is 6.70. The first-order valence-corrected chi connectivity index (χ1v) is 8.74. The summed E-state index contributed by atoms with van der Waals surface area (Å²) < 4.78 is 5.93. The Morgan fingerprint density at radius 3 is 2.23 bits per heavy atom. The number of unbranched alkanes of at least 4 members (excludes halogenated alkanes) is 2. The zero-order valence-corrected chi connectivity index (χ0v) is 10.8. The van der Waals surface area contributed by atoms with E-state index in [0.29, 0.717) is 0 Å². The third kappa shape index (κ3) is 8.10. The summed E-state index contributed by atoms with van der Waals surface area (Å²) in [5.41, 5.74) is 0. The fourth-order valence-electron chi connectivity index (χ4n) is 1.20. The highest BCUT2D eigenvalue weighted by Gasteiger charge is 2.16. The maximum atomic E-state index is 5.93. The van der Waals surface area contributed by atoms with Crippen LogP contribution in [0.1, 0.15) is 39.5 Å². The maximum Gasteiger partial charge on any atom is 0.241 e. The standard InChI is InChI=1S/C11H24OSi/c1-6-8-9-10-11(7-2)12-13(3,4)5/h7H,6,8-10H2,1-5H3. The molecule has 0 atom stereocenters. The quantitative estimate of drug-likeness (QED) is 0.352. The molecule has 0 heterocycles. The van der Waals surface area contributed by atoms with Gasteiger partial charge in [0.1, 0.15) is 0 Å². The van der Waals surface area contributed by atoms with E-state index in [9.17, 15) is 0 Å². The van der Waals surface area contributed by atoms with Crippen molar-refractivity contribution in [3.63, 3.8) is 0 Å². The molecule has 0 spiro atoms. The van der Waals surface area contributed by atoms with E-state index in [1.807, 2.05) is 0 Å². The van der Waals surface area contributed by atoms with Crippen molar-refractivity contribution in [3.05, 3.63) is 11.8 Å². The van der Waals surface area contributed by atoms with E-state index >= 15 is 0 Å². The van der Waals surface area contributed by atoms with Gasteiger partial charge in [-0.15, -0.1) is 0 Å². The van der Waals surface area contributed by atoms with Gasteiger partial charge in [-0.25, -0.2) is 0 Å². The van der Waals surface area contributed by atoms with E-state index in [4.69, 9.17) is 4.43 Å². The molecule has 0 aromatic rings. The van der Waals surface area contributed by atoms with Gasteiger partial charge in [0.2, 0.25) is 8.32 Å². The molecule has 0 aromatic heterocycles. The van der Waals surface area contributed by atoms with Crippen molar-refractivity contribution in [2.75, 3.05) is 0 Å². The van der Waals surface area contributed by atoms with Crippen LogP contribution in [0.3, 0.4) is 0 Å². The van der Waals surface area contributed by atoms with Crippen LogP contribution in [0.2, 0.25) is 19.6 Å². The van der Waals surface area contributed by atoms with Crippen molar-refractivity contribution >= 4 is 8.32 Å². The van der Waals surface area contributed by atoms with Gasteiger partial charge in [-0.1, -0.05) is 25.8 Å². The molecule has 78 valence electrons. The summed E-state index contributed by atoms with van der Waals surface area (Å²) in [7, 11) is -1.37. The fraction of sp³-hybridized carbons (Fsp3) is 0.818. The summed E-state index contributed by atoms with van der Waals surface area (Å²) in [5, 5.41) is 0. The van der Waals surface area contributed by atoms with E-state index in [2.05, 4.69) is 39.6 Å². The Kier molecular flexibility index (Phi) is 6.13. The predicted molar refractivity (Wildman–Crippen MR) is 62.3 cm³/mol. The van der Waals surface area contributed by atoms with E-state index < -0.39 is 8.32 Å². The molecule has 0 rings (SSSR count). The molecule has 0 saturated heterocycles. The van der Waals surface area contributed by atoms with Crippen LogP contribution < -0.4 is 0 Å². The van der Waals surface area contributed by atoms with E-state index in [1.165, 1.54) is 25.0 Å². The Labute approximate surface area is 84.3 Å². The lowest BCUT2D eigenvalue weighted by Crippen LogP contribution is -2.24. The number of rotatable bonds is 6.